The first-order chi connectivity index (χ1) is 6.74. The quantitative estimate of drug-likeness (QED) is 0.574. The van der Waals surface area contributed by atoms with Gasteiger partial charge in [-0.1, -0.05) is 31.2 Å². The van der Waals surface area contributed by atoms with Crippen molar-refractivity contribution < 1.29 is 0 Å². The lowest BCUT2D eigenvalue weighted by molar-refractivity contribution is 1.07. The molecule has 3 rings (SSSR count). The van der Waals surface area contributed by atoms with Crippen LogP contribution in [0.5, 0.6) is 0 Å². The van der Waals surface area contributed by atoms with E-state index in [0.717, 1.165) is 6.42 Å². The highest BCUT2D eigenvalue weighted by Crippen LogP contribution is 2.24. The lowest BCUT2D eigenvalue weighted by Gasteiger charge is -2.00. The highest BCUT2D eigenvalue weighted by Gasteiger charge is 2.12. The minimum Gasteiger partial charge on any atom is -0.0766 e. The SMILES string of the molecule is CC1=CCc2cc3c(cc21)=CC(C)C=3. The van der Waals surface area contributed by atoms with Gasteiger partial charge in [0.1, 0.15) is 0 Å². The molecule has 0 spiro atoms. The maximum absolute atomic E-state index is 2.36. The van der Waals surface area contributed by atoms with Gasteiger partial charge in [-0.15, -0.1) is 0 Å². The Balaban J connectivity index is 2.35. The van der Waals surface area contributed by atoms with E-state index in [0.29, 0.717) is 5.92 Å². The molecule has 1 aromatic carbocycles. The van der Waals surface area contributed by atoms with E-state index in [1.165, 1.54) is 27.1 Å². The minimum absolute atomic E-state index is 0.608. The summed E-state index contributed by atoms with van der Waals surface area (Å²) in [4.78, 5) is 0. The molecule has 0 heteroatoms. The molecule has 0 fully saturated rings. The van der Waals surface area contributed by atoms with Gasteiger partial charge >= 0.3 is 0 Å². The predicted octanol–water partition coefficient (Wildman–Crippen LogP) is 1.86. The van der Waals surface area contributed by atoms with Gasteiger partial charge in [0.2, 0.25) is 0 Å². The zero-order valence-electron chi connectivity index (χ0n) is 8.67. The Hall–Kier alpha value is -1.30. The Kier molecular flexibility index (Phi) is 1.49. The second kappa shape index (κ2) is 2.60. The molecule has 2 aliphatic carbocycles. The summed E-state index contributed by atoms with van der Waals surface area (Å²) in [6.07, 6.45) is 8.14. The van der Waals surface area contributed by atoms with Crippen LogP contribution in [0.1, 0.15) is 25.0 Å². The first-order valence-electron chi connectivity index (χ1n) is 5.28. The Morgan fingerprint density at radius 2 is 1.86 bits per heavy atom. The lowest BCUT2D eigenvalue weighted by Crippen LogP contribution is -2.22. The second-order valence-corrected chi connectivity index (χ2v) is 4.42. The fraction of sp³-hybridized carbons (Fsp3) is 0.286. The van der Waals surface area contributed by atoms with Gasteiger partial charge in [-0.05, 0) is 52.5 Å². The molecule has 0 N–H and O–H groups in total. The molecule has 0 bridgehead atoms. The first kappa shape index (κ1) is 8.05. The summed E-state index contributed by atoms with van der Waals surface area (Å²) in [5, 5.41) is 2.85. The molecule has 0 aromatic heterocycles. The Labute approximate surface area is 84.3 Å². The second-order valence-electron chi connectivity index (χ2n) is 4.42. The number of hydrogen-bond donors (Lipinski definition) is 0. The van der Waals surface area contributed by atoms with Gasteiger partial charge < -0.3 is 0 Å². The van der Waals surface area contributed by atoms with Crippen LogP contribution >= 0.6 is 0 Å². The van der Waals surface area contributed by atoms with E-state index in [4.69, 9.17) is 0 Å². The summed E-state index contributed by atoms with van der Waals surface area (Å²) in [6.45, 7) is 4.45. The predicted molar refractivity (Wildman–Crippen MR) is 61.1 cm³/mol. The topological polar surface area (TPSA) is 0 Å². The molecule has 0 radical (unpaired) electrons. The molecular weight excluding hydrogens is 168 g/mol. The third-order valence-corrected chi connectivity index (χ3v) is 3.25. The van der Waals surface area contributed by atoms with E-state index in [-0.39, 0.29) is 0 Å². The number of hydrogen-bond acceptors (Lipinski definition) is 0. The van der Waals surface area contributed by atoms with Crippen molar-refractivity contribution in [3.05, 3.63) is 39.8 Å². The number of fused-ring (bicyclic) bond motifs is 2. The smallest absolute Gasteiger partial charge is 0.00635 e. The van der Waals surface area contributed by atoms with E-state index in [1.807, 2.05) is 0 Å². The fourth-order valence-corrected chi connectivity index (χ4v) is 2.49. The molecule has 0 saturated carbocycles. The van der Waals surface area contributed by atoms with Crippen LogP contribution in [0.3, 0.4) is 0 Å². The van der Waals surface area contributed by atoms with Crippen molar-refractivity contribution >= 4 is 17.7 Å². The molecule has 0 aliphatic heterocycles. The zero-order chi connectivity index (χ0) is 9.71. The molecule has 1 atom stereocenters. The van der Waals surface area contributed by atoms with Crippen LogP contribution in [0.2, 0.25) is 0 Å². The van der Waals surface area contributed by atoms with E-state index >= 15 is 0 Å². The lowest BCUT2D eigenvalue weighted by atomic mass is 10.0. The van der Waals surface area contributed by atoms with Crippen LogP contribution in [0, 0.1) is 5.92 Å². The molecule has 0 nitrogen and oxygen atoms in total. The number of allylic oxidation sites excluding steroid dienone is 2. The zero-order valence-corrected chi connectivity index (χ0v) is 8.67. The third kappa shape index (κ3) is 1.00. The summed E-state index contributed by atoms with van der Waals surface area (Å²) in [7, 11) is 0. The van der Waals surface area contributed by atoms with Gasteiger partial charge in [0, 0.05) is 0 Å². The number of rotatable bonds is 0. The largest absolute Gasteiger partial charge is 0.0766 e. The van der Waals surface area contributed by atoms with E-state index in [2.05, 4.69) is 44.2 Å². The van der Waals surface area contributed by atoms with Crippen molar-refractivity contribution in [1.29, 1.82) is 0 Å². The normalized spacial score (nSPS) is 22.1. The molecular formula is C14H14. The van der Waals surface area contributed by atoms with Crippen LogP contribution in [-0.4, -0.2) is 0 Å². The van der Waals surface area contributed by atoms with Crippen molar-refractivity contribution in [2.24, 2.45) is 5.92 Å². The van der Waals surface area contributed by atoms with Gasteiger partial charge in [0.05, 0.1) is 0 Å². The van der Waals surface area contributed by atoms with Crippen molar-refractivity contribution in [3.63, 3.8) is 0 Å². The summed E-state index contributed by atoms with van der Waals surface area (Å²) in [6, 6.07) is 4.71. The van der Waals surface area contributed by atoms with Gasteiger partial charge in [0.15, 0.2) is 0 Å². The highest BCUT2D eigenvalue weighted by atomic mass is 14.2. The van der Waals surface area contributed by atoms with Crippen molar-refractivity contribution in [2.75, 3.05) is 0 Å². The van der Waals surface area contributed by atoms with Crippen molar-refractivity contribution in [2.45, 2.75) is 20.3 Å². The van der Waals surface area contributed by atoms with Gasteiger partial charge in [0.25, 0.3) is 0 Å². The molecule has 1 aromatic rings. The molecule has 2 aliphatic rings. The molecule has 0 amide bonds. The van der Waals surface area contributed by atoms with E-state index in [9.17, 15) is 0 Å². The summed E-state index contributed by atoms with van der Waals surface area (Å²) >= 11 is 0. The first-order valence-corrected chi connectivity index (χ1v) is 5.28. The molecule has 0 heterocycles. The summed E-state index contributed by atoms with van der Waals surface area (Å²) in [5.74, 6) is 0.608. The molecule has 14 heavy (non-hydrogen) atoms. The third-order valence-electron chi connectivity index (χ3n) is 3.25. The van der Waals surface area contributed by atoms with Gasteiger partial charge in [-0.25, -0.2) is 0 Å². The number of benzene rings is 1. The molecule has 70 valence electrons. The van der Waals surface area contributed by atoms with Crippen molar-refractivity contribution in [3.8, 4) is 0 Å². The van der Waals surface area contributed by atoms with Crippen LogP contribution in [0.15, 0.2) is 18.2 Å². The molecule has 0 saturated heterocycles. The van der Waals surface area contributed by atoms with Gasteiger partial charge in [-0.2, -0.15) is 0 Å². The molecule has 1 unspecified atom stereocenters. The Morgan fingerprint density at radius 3 is 2.64 bits per heavy atom. The average Bonchev–Trinajstić information content (AvgIpc) is 2.66. The monoisotopic (exact) mass is 182 g/mol. The van der Waals surface area contributed by atoms with Crippen LogP contribution in [0.25, 0.3) is 17.7 Å². The maximum atomic E-state index is 2.36. The van der Waals surface area contributed by atoms with E-state index in [1.54, 1.807) is 0 Å². The van der Waals surface area contributed by atoms with Crippen LogP contribution in [0.4, 0.5) is 0 Å². The average molecular weight is 182 g/mol. The van der Waals surface area contributed by atoms with E-state index < -0.39 is 0 Å². The summed E-state index contributed by atoms with van der Waals surface area (Å²) < 4.78 is 0. The van der Waals surface area contributed by atoms with Crippen LogP contribution in [-0.2, 0) is 6.42 Å². The summed E-state index contributed by atoms with van der Waals surface area (Å²) in [5.41, 5.74) is 4.40. The van der Waals surface area contributed by atoms with Gasteiger partial charge in [-0.3, -0.25) is 0 Å². The van der Waals surface area contributed by atoms with Crippen LogP contribution < -0.4 is 10.4 Å². The highest BCUT2D eigenvalue weighted by molar-refractivity contribution is 5.72. The Morgan fingerprint density at radius 1 is 1.14 bits per heavy atom. The standard InChI is InChI=1S/C14H14/c1-9-5-12-7-11-4-3-10(2)14(11)8-13(12)6-9/h3,5-9H,4H2,1-2H3. The maximum Gasteiger partial charge on any atom is -0.00635 e. The minimum atomic E-state index is 0.608. The Bertz CT molecular complexity index is 544. The van der Waals surface area contributed by atoms with Crippen molar-refractivity contribution in [1.82, 2.24) is 0 Å². The fourth-order valence-electron chi connectivity index (χ4n) is 2.49.